The highest BCUT2D eigenvalue weighted by Crippen LogP contribution is 2.05. The lowest BCUT2D eigenvalue weighted by Gasteiger charge is -2.19. The van der Waals surface area contributed by atoms with Crippen LogP contribution >= 0.6 is 0 Å². The summed E-state index contributed by atoms with van der Waals surface area (Å²) in [5.74, 6) is 0. The number of nitrogens with one attached hydrogen (secondary N) is 1. The maximum Gasteiger partial charge on any atom is 0.407 e. The molecule has 7 nitrogen and oxygen atoms in total. The van der Waals surface area contributed by atoms with Gasteiger partial charge in [-0.05, 0) is 20.8 Å². The van der Waals surface area contributed by atoms with Crippen LogP contribution in [0, 0.1) is 0 Å². The highest BCUT2D eigenvalue weighted by Gasteiger charge is 2.15. The maximum atomic E-state index is 11.2. The SMILES string of the molecule is CC(C)(C)OC(=O)NCCOCCOC/C=N/O. The van der Waals surface area contributed by atoms with Crippen LogP contribution in [-0.4, -0.2) is 56.1 Å². The minimum Gasteiger partial charge on any atom is -0.444 e. The van der Waals surface area contributed by atoms with Crippen molar-refractivity contribution in [3.63, 3.8) is 0 Å². The second-order valence-corrected chi connectivity index (χ2v) is 4.41. The van der Waals surface area contributed by atoms with Crippen molar-refractivity contribution >= 4 is 12.3 Å². The Morgan fingerprint density at radius 2 is 1.94 bits per heavy atom. The van der Waals surface area contributed by atoms with Gasteiger partial charge in [0.1, 0.15) is 5.60 Å². The first-order valence-corrected chi connectivity index (χ1v) is 5.74. The average Bonchev–Trinajstić information content (AvgIpc) is 2.24. The number of carbonyl (C=O) groups excluding carboxylic acids is 1. The summed E-state index contributed by atoms with van der Waals surface area (Å²) in [6.45, 7) is 7.23. The summed E-state index contributed by atoms with van der Waals surface area (Å²) < 4.78 is 15.3. The first-order valence-electron chi connectivity index (χ1n) is 5.74. The minimum absolute atomic E-state index is 0.246. The van der Waals surface area contributed by atoms with Gasteiger partial charge in [-0.3, -0.25) is 0 Å². The quantitative estimate of drug-likeness (QED) is 0.295. The van der Waals surface area contributed by atoms with E-state index < -0.39 is 11.7 Å². The molecular formula is C11H22N2O5. The minimum atomic E-state index is -0.493. The molecule has 0 unspecified atom stereocenters. The van der Waals surface area contributed by atoms with Gasteiger partial charge in [-0.1, -0.05) is 5.16 Å². The smallest absolute Gasteiger partial charge is 0.407 e. The van der Waals surface area contributed by atoms with Crippen LogP contribution in [0.3, 0.4) is 0 Å². The van der Waals surface area contributed by atoms with Crippen molar-refractivity contribution in [2.24, 2.45) is 5.16 Å². The monoisotopic (exact) mass is 262 g/mol. The number of oxime groups is 1. The molecule has 0 aliphatic rings. The van der Waals surface area contributed by atoms with Crippen molar-refractivity contribution in [2.45, 2.75) is 26.4 Å². The van der Waals surface area contributed by atoms with Gasteiger partial charge in [0.2, 0.25) is 0 Å². The molecule has 0 saturated carbocycles. The molecule has 0 aromatic heterocycles. The molecule has 0 fully saturated rings. The Labute approximate surface area is 107 Å². The van der Waals surface area contributed by atoms with Gasteiger partial charge in [0, 0.05) is 6.54 Å². The van der Waals surface area contributed by atoms with Gasteiger partial charge in [-0.25, -0.2) is 4.79 Å². The van der Waals surface area contributed by atoms with E-state index in [1.54, 1.807) is 20.8 Å². The van der Waals surface area contributed by atoms with Gasteiger partial charge in [-0.15, -0.1) is 0 Å². The van der Waals surface area contributed by atoms with Crippen molar-refractivity contribution in [1.82, 2.24) is 5.32 Å². The largest absolute Gasteiger partial charge is 0.444 e. The number of hydrogen-bond acceptors (Lipinski definition) is 6. The first-order chi connectivity index (χ1) is 8.45. The van der Waals surface area contributed by atoms with E-state index in [9.17, 15) is 4.79 Å². The zero-order chi connectivity index (χ0) is 13.9. The number of amides is 1. The molecule has 0 aliphatic heterocycles. The van der Waals surface area contributed by atoms with Crippen LogP contribution in [0.25, 0.3) is 0 Å². The molecule has 0 spiro atoms. The predicted molar refractivity (Wildman–Crippen MR) is 66.2 cm³/mol. The van der Waals surface area contributed by atoms with E-state index in [0.717, 1.165) is 0 Å². The molecule has 7 heteroatoms. The Bertz CT molecular complexity index is 250. The fourth-order valence-corrected chi connectivity index (χ4v) is 0.929. The van der Waals surface area contributed by atoms with Gasteiger partial charge in [-0.2, -0.15) is 0 Å². The summed E-state index contributed by atoms with van der Waals surface area (Å²) >= 11 is 0. The molecule has 0 aliphatic carbocycles. The fraction of sp³-hybridized carbons (Fsp3) is 0.818. The summed E-state index contributed by atoms with van der Waals surface area (Å²) in [5.41, 5.74) is -0.493. The van der Waals surface area contributed by atoms with Crippen LogP contribution in [0.15, 0.2) is 5.16 Å². The van der Waals surface area contributed by atoms with Crippen molar-refractivity contribution < 1.29 is 24.2 Å². The second-order valence-electron chi connectivity index (χ2n) is 4.41. The van der Waals surface area contributed by atoms with Crippen LogP contribution in [0.2, 0.25) is 0 Å². The van der Waals surface area contributed by atoms with Crippen LogP contribution in [-0.2, 0) is 14.2 Å². The van der Waals surface area contributed by atoms with Gasteiger partial charge in [0.25, 0.3) is 0 Å². The normalized spacial score (nSPS) is 11.7. The standard InChI is InChI=1S/C11H22N2O5/c1-11(2,3)18-10(14)12-4-6-16-8-9-17-7-5-13-15/h5,15H,4,6-9H2,1-3H3,(H,12,14)/b13-5+. The van der Waals surface area contributed by atoms with Crippen molar-refractivity contribution in [3.05, 3.63) is 0 Å². The van der Waals surface area contributed by atoms with Crippen LogP contribution in [0.4, 0.5) is 4.79 Å². The van der Waals surface area contributed by atoms with Crippen molar-refractivity contribution in [3.8, 4) is 0 Å². The molecule has 0 aromatic carbocycles. The second kappa shape index (κ2) is 9.67. The Morgan fingerprint density at radius 1 is 1.28 bits per heavy atom. The summed E-state index contributed by atoms with van der Waals surface area (Å²) in [7, 11) is 0. The molecule has 2 N–H and O–H groups in total. The number of nitrogens with zero attached hydrogens (tertiary/aromatic N) is 1. The zero-order valence-corrected chi connectivity index (χ0v) is 11.1. The third kappa shape index (κ3) is 12.7. The molecule has 106 valence electrons. The molecule has 0 saturated heterocycles. The molecule has 0 atom stereocenters. The van der Waals surface area contributed by atoms with Crippen molar-refractivity contribution in [2.75, 3.05) is 33.0 Å². The number of hydrogen-bond donors (Lipinski definition) is 2. The van der Waals surface area contributed by atoms with Crippen LogP contribution in [0.1, 0.15) is 20.8 Å². The Balaban J connectivity index is 3.28. The Kier molecular flexibility index (Phi) is 8.95. The van der Waals surface area contributed by atoms with E-state index >= 15 is 0 Å². The third-order valence-corrected chi connectivity index (χ3v) is 1.56. The van der Waals surface area contributed by atoms with Gasteiger partial charge in [0.15, 0.2) is 0 Å². The van der Waals surface area contributed by atoms with Gasteiger partial charge >= 0.3 is 6.09 Å². The first kappa shape index (κ1) is 16.7. The Morgan fingerprint density at radius 3 is 2.56 bits per heavy atom. The van der Waals surface area contributed by atoms with E-state index in [1.165, 1.54) is 6.21 Å². The van der Waals surface area contributed by atoms with E-state index in [4.69, 9.17) is 19.4 Å². The Hall–Kier alpha value is -1.34. The summed E-state index contributed by atoms with van der Waals surface area (Å²) in [5, 5.41) is 13.4. The molecular weight excluding hydrogens is 240 g/mol. The number of rotatable bonds is 8. The number of ether oxygens (including phenoxy) is 3. The van der Waals surface area contributed by atoms with Crippen LogP contribution in [0.5, 0.6) is 0 Å². The van der Waals surface area contributed by atoms with E-state index in [-0.39, 0.29) is 6.61 Å². The maximum absolute atomic E-state index is 11.2. The molecule has 0 bridgehead atoms. The molecule has 1 amide bonds. The average molecular weight is 262 g/mol. The highest BCUT2D eigenvalue weighted by atomic mass is 16.6. The van der Waals surface area contributed by atoms with E-state index in [0.29, 0.717) is 26.4 Å². The number of alkyl carbamates (subject to hydrolysis) is 1. The van der Waals surface area contributed by atoms with Crippen LogP contribution < -0.4 is 5.32 Å². The summed E-state index contributed by atoms with van der Waals surface area (Å²) in [4.78, 5) is 11.2. The lowest BCUT2D eigenvalue weighted by Crippen LogP contribution is -2.34. The lowest BCUT2D eigenvalue weighted by molar-refractivity contribution is 0.0448. The van der Waals surface area contributed by atoms with Gasteiger partial charge < -0.3 is 24.7 Å². The molecule has 0 radical (unpaired) electrons. The summed E-state index contributed by atoms with van der Waals surface area (Å²) in [6, 6.07) is 0. The molecule has 0 rings (SSSR count). The number of carbonyl (C=O) groups is 1. The predicted octanol–water partition coefficient (Wildman–Crippen LogP) is 1.00. The van der Waals surface area contributed by atoms with E-state index in [1.807, 2.05) is 0 Å². The van der Waals surface area contributed by atoms with Crippen molar-refractivity contribution in [1.29, 1.82) is 0 Å². The van der Waals surface area contributed by atoms with E-state index in [2.05, 4.69) is 10.5 Å². The fourth-order valence-electron chi connectivity index (χ4n) is 0.929. The zero-order valence-electron chi connectivity index (χ0n) is 11.1. The topological polar surface area (TPSA) is 89.4 Å². The van der Waals surface area contributed by atoms with Gasteiger partial charge in [0.05, 0.1) is 32.6 Å². The molecule has 0 aromatic rings. The lowest BCUT2D eigenvalue weighted by atomic mass is 10.2. The third-order valence-electron chi connectivity index (χ3n) is 1.56. The molecule has 0 heterocycles. The molecule has 18 heavy (non-hydrogen) atoms. The highest BCUT2D eigenvalue weighted by molar-refractivity contribution is 5.67. The summed E-state index contributed by atoms with van der Waals surface area (Å²) in [6.07, 6.45) is 0.783.